The number of benzene rings is 1. The van der Waals surface area contributed by atoms with E-state index in [1.54, 1.807) is 15.9 Å². The molecule has 0 saturated heterocycles. The van der Waals surface area contributed by atoms with Crippen LogP contribution in [-0.4, -0.2) is 19.8 Å². The SMILES string of the molecule is Brc1cccc(-c2ccc3nnc(-c4cccs4)n3n2)c1. The molecule has 3 heterocycles. The Balaban J connectivity index is 1.91. The number of hydrogen-bond donors (Lipinski definition) is 0. The topological polar surface area (TPSA) is 43.1 Å². The van der Waals surface area contributed by atoms with Crippen LogP contribution in [0.25, 0.3) is 27.6 Å². The smallest absolute Gasteiger partial charge is 0.191 e. The third-order valence-corrected chi connectivity index (χ3v) is 4.48. The first-order valence-electron chi connectivity index (χ1n) is 6.33. The lowest BCUT2D eigenvalue weighted by Gasteiger charge is -2.03. The number of rotatable bonds is 2. The second kappa shape index (κ2) is 5.05. The zero-order valence-electron chi connectivity index (χ0n) is 10.8. The number of nitrogens with zero attached hydrogens (tertiary/aromatic N) is 4. The summed E-state index contributed by atoms with van der Waals surface area (Å²) in [5, 5.41) is 15.1. The summed E-state index contributed by atoms with van der Waals surface area (Å²) in [5.41, 5.74) is 2.69. The maximum absolute atomic E-state index is 4.68. The predicted octanol–water partition coefficient (Wildman–Crippen LogP) is 4.28. The highest BCUT2D eigenvalue weighted by Gasteiger charge is 2.11. The molecule has 0 saturated carbocycles. The fraction of sp³-hybridized carbons (Fsp3) is 0. The lowest BCUT2D eigenvalue weighted by molar-refractivity contribution is 0.944. The molecule has 0 N–H and O–H groups in total. The van der Waals surface area contributed by atoms with Gasteiger partial charge >= 0.3 is 0 Å². The van der Waals surface area contributed by atoms with Crippen molar-refractivity contribution in [1.29, 1.82) is 0 Å². The average Bonchev–Trinajstić information content (AvgIpc) is 3.15. The van der Waals surface area contributed by atoms with E-state index in [9.17, 15) is 0 Å². The lowest BCUT2D eigenvalue weighted by atomic mass is 10.1. The number of aromatic nitrogens is 4. The molecule has 0 amide bonds. The molecule has 0 aliphatic carbocycles. The summed E-state index contributed by atoms with van der Waals surface area (Å²) >= 11 is 5.12. The fourth-order valence-electron chi connectivity index (χ4n) is 2.15. The quantitative estimate of drug-likeness (QED) is 0.538. The van der Waals surface area contributed by atoms with Crippen molar-refractivity contribution in [3.05, 3.63) is 58.4 Å². The Bertz CT molecular complexity index is 914. The highest BCUT2D eigenvalue weighted by molar-refractivity contribution is 9.10. The van der Waals surface area contributed by atoms with Crippen molar-refractivity contribution in [2.75, 3.05) is 0 Å². The van der Waals surface area contributed by atoms with Crippen molar-refractivity contribution in [2.24, 2.45) is 0 Å². The summed E-state index contributed by atoms with van der Waals surface area (Å²) in [6.45, 7) is 0. The van der Waals surface area contributed by atoms with Gasteiger partial charge in [-0.1, -0.05) is 34.1 Å². The molecule has 0 atom stereocenters. The number of hydrogen-bond acceptors (Lipinski definition) is 4. The first kappa shape index (κ1) is 12.7. The van der Waals surface area contributed by atoms with Crippen molar-refractivity contribution < 1.29 is 0 Å². The van der Waals surface area contributed by atoms with E-state index in [1.807, 2.05) is 53.9 Å². The molecular weight excluding hydrogens is 348 g/mol. The zero-order valence-corrected chi connectivity index (χ0v) is 13.2. The minimum atomic E-state index is 0.747. The molecule has 0 bridgehead atoms. The van der Waals surface area contributed by atoms with E-state index in [1.165, 1.54) is 0 Å². The van der Waals surface area contributed by atoms with Crippen LogP contribution >= 0.6 is 27.3 Å². The van der Waals surface area contributed by atoms with Gasteiger partial charge in [0.05, 0.1) is 10.6 Å². The Kier molecular flexibility index (Phi) is 3.05. The largest absolute Gasteiger partial charge is 0.195 e. The van der Waals surface area contributed by atoms with Crippen molar-refractivity contribution in [3.8, 4) is 22.0 Å². The van der Waals surface area contributed by atoms with Crippen LogP contribution in [0.15, 0.2) is 58.4 Å². The normalized spacial score (nSPS) is 11.1. The molecule has 102 valence electrons. The van der Waals surface area contributed by atoms with Gasteiger partial charge in [-0.2, -0.15) is 9.61 Å². The average molecular weight is 357 g/mol. The van der Waals surface area contributed by atoms with Gasteiger partial charge in [-0.25, -0.2) is 0 Å². The van der Waals surface area contributed by atoms with E-state index in [-0.39, 0.29) is 0 Å². The van der Waals surface area contributed by atoms with Crippen LogP contribution in [0.2, 0.25) is 0 Å². The van der Waals surface area contributed by atoms with Crippen molar-refractivity contribution in [2.45, 2.75) is 0 Å². The Labute approximate surface area is 133 Å². The van der Waals surface area contributed by atoms with Crippen LogP contribution in [0.3, 0.4) is 0 Å². The molecule has 0 fully saturated rings. The first-order chi connectivity index (χ1) is 10.3. The lowest BCUT2D eigenvalue weighted by Crippen LogP contribution is -1.96. The Hall–Kier alpha value is -2.05. The van der Waals surface area contributed by atoms with Gasteiger partial charge < -0.3 is 0 Å². The van der Waals surface area contributed by atoms with E-state index >= 15 is 0 Å². The Morgan fingerprint density at radius 2 is 1.95 bits per heavy atom. The molecule has 6 heteroatoms. The minimum absolute atomic E-state index is 0.747. The highest BCUT2D eigenvalue weighted by Crippen LogP contribution is 2.25. The summed E-state index contributed by atoms with van der Waals surface area (Å²) in [5.74, 6) is 0.775. The van der Waals surface area contributed by atoms with E-state index in [0.717, 1.165) is 32.1 Å². The van der Waals surface area contributed by atoms with Gasteiger partial charge in [-0.15, -0.1) is 21.5 Å². The molecule has 0 aliphatic rings. The van der Waals surface area contributed by atoms with Gasteiger partial charge in [-0.3, -0.25) is 0 Å². The second-order valence-corrected chi connectivity index (χ2v) is 6.36. The standard InChI is InChI=1S/C15H9BrN4S/c16-11-4-1-3-10(9-11)12-6-7-14-17-18-15(20(14)19-12)13-5-2-8-21-13/h1-9H. The van der Waals surface area contributed by atoms with Gasteiger partial charge in [0.1, 0.15) is 0 Å². The van der Waals surface area contributed by atoms with Gasteiger partial charge in [0, 0.05) is 10.0 Å². The Morgan fingerprint density at radius 1 is 1.00 bits per heavy atom. The molecule has 0 spiro atoms. The molecule has 0 radical (unpaired) electrons. The van der Waals surface area contributed by atoms with Gasteiger partial charge in [0.2, 0.25) is 0 Å². The number of thiophene rings is 1. The van der Waals surface area contributed by atoms with E-state index in [2.05, 4.69) is 31.2 Å². The molecule has 4 aromatic rings. The molecule has 4 nitrogen and oxygen atoms in total. The highest BCUT2D eigenvalue weighted by atomic mass is 79.9. The van der Waals surface area contributed by atoms with Crippen LogP contribution in [0.4, 0.5) is 0 Å². The molecular formula is C15H9BrN4S. The second-order valence-electron chi connectivity index (χ2n) is 4.50. The summed E-state index contributed by atoms with van der Waals surface area (Å²) in [6.07, 6.45) is 0. The third-order valence-electron chi connectivity index (χ3n) is 3.12. The fourth-order valence-corrected chi connectivity index (χ4v) is 3.24. The van der Waals surface area contributed by atoms with Crippen molar-refractivity contribution >= 4 is 32.9 Å². The molecule has 3 aromatic heterocycles. The summed E-state index contributed by atoms with van der Waals surface area (Å²) < 4.78 is 2.83. The molecule has 4 rings (SSSR count). The zero-order chi connectivity index (χ0) is 14.2. The van der Waals surface area contributed by atoms with Crippen molar-refractivity contribution in [1.82, 2.24) is 19.8 Å². The van der Waals surface area contributed by atoms with Gasteiger partial charge in [0.15, 0.2) is 11.5 Å². The summed E-state index contributed by atoms with van der Waals surface area (Å²) in [4.78, 5) is 1.06. The summed E-state index contributed by atoms with van der Waals surface area (Å²) in [7, 11) is 0. The summed E-state index contributed by atoms with van der Waals surface area (Å²) in [6, 6.07) is 16.0. The minimum Gasteiger partial charge on any atom is -0.191 e. The van der Waals surface area contributed by atoms with E-state index in [0.29, 0.717) is 0 Å². The first-order valence-corrected chi connectivity index (χ1v) is 8.01. The van der Waals surface area contributed by atoms with Crippen LogP contribution < -0.4 is 0 Å². The number of halogens is 1. The van der Waals surface area contributed by atoms with Crippen LogP contribution in [0.1, 0.15) is 0 Å². The van der Waals surface area contributed by atoms with Gasteiger partial charge in [0.25, 0.3) is 0 Å². The maximum Gasteiger partial charge on any atom is 0.195 e. The molecule has 1 aromatic carbocycles. The number of fused-ring (bicyclic) bond motifs is 1. The van der Waals surface area contributed by atoms with Crippen molar-refractivity contribution in [3.63, 3.8) is 0 Å². The molecule has 0 unspecified atom stereocenters. The maximum atomic E-state index is 4.68. The molecule has 21 heavy (non-hydrogen) atoms. The van der Waals surface area contributed by atoms with Crippen LogP contribution in [0, 0.1) is 0 Å². The van der Waals surface area contributed by atoms with Gasteiger partial charge in [-0.05, 0) is 35.7 Å². The van der Waals surface area contributed by atoms with Crippen LogP contribution in [0.5, 0.6) is 0 Å². The Morgan fingerprint density at radius 3 is 2.76 bits per heavy atom. The van der Waals surface area contributed by atoms with Crippen LogP contribution in [-0.2, 0) is 0 Å². The van der Waals surface area contributed by atoms with E-state index in [4.69, 9.17) is 0 Å². The van der Waals surface area contributed by atoms with E-state index < -0.39 is 0 Å². The third kappa shape index (κ3) is 2.26. The molecule has 0 aliphatic heterocycles. The predicted molar refractivity (Wildman–Crippen MR) is 87.2 cm³/mol. The monoisotopic (exact) mass is 356 g/mol.